The molecule has 0 saturated carbocycles. The smallest absolute Gasteiger partial charge is 0.120 e. The SMILES string of the molecule is OC1(Cc2cccc(OCc3ccccc3)c2)CC2CCCC(C1)N2Cc1ccccc1. The summed E-state index contributed by atoms with van der Waals surface area (Å²) in [7, 11) is 0. The molecule has 3 heteroatoms. The van der Waals surface area contributed by atoms with Gasteiger partial charge >= 0.3 is 0 Å². The number of hydrogen-bond donors (Lipinski definition) is 1. The molecule has 5 rings (SSSR count). The molecule has 2 fully saturated rings. The molecule has 2 saturated heterocycles. The first-order valence-electron chi connectivity index (χ1n) is 11.9. The lowest BCUT2D eigenvalue weighted by atomic mass is 9.73. The summed E-state index contributed by atoms with van der Waals surface area (Å²) in [6, 6.07) is 30.2. The Labute approximate surface area is 191 Å². The first kappa shape index (κ1) is 21.2. The zero-order valence-electron chi connectivity index (χ0n) is 18.7. The zero-order chi connectivity index (χ0) is 21.8. The van der Waals surface area contributed by atoms with Crippen LogP contribution in [0.3, 0.4) is 0 Å². The topological polar surface area (TPSA) is 32.7 Å². The van der Waals surface area contributed by atoms with Gasteiger partial charge in [-0.1, -0.05) is 79.2 Å². The Kier molecular flexibility index (Phi) is 6.29. The van der Waals surface area contributed by atoms with Crippen molar-refractivity contribution < 1.29 is 9.84 Å². The monoisotopic (exact) mass is 427 g/mol. The van der Waals surface area contributed by atoms with Crippen molar-refractivity contribution in [2.45, 2.75) is 69.4 Å². The van der Waals surface area contributed by atoms with Gasteiger partial charge < -0.3 is 9.84 Å². The molecule has 2 heterocycles. The summed E-state index contributed by atoms with van der Waals surface area (Å²) in [5.74, 6) is 0.872. The second-order valence-corrected chi connectivity index (χ2v) is 9.63. The average molecular weight is 428 g/mol. The van der Waals surface area contributed by atoms with E-state index in [4.69, 9.17) is 4.74 Å². The summed E-state index contributed by atoms with van der Waals surface area (Å²) < 4.78 is 6.02. The lowest BCUT2D eigenvalue weighted by Gasteiger charge is -2.52. The van der Waals surface area contributed by atoms with Gasteiger partial charge in [-0.3, -0.25) is 4.90 Å². The fourth-order valence-corrected chi connectivity index (χ4v) is 5.68. The van der Waals surface area contributed by atoms with Crippen molar-refractivity contribution in [1.82, 2.24) is 4.90 Å². The summed E-state index contributed by atoms with van der Waals surface area (Å²) in [5, 5.41) is 11.6. The van der Waals surface area contributed by atoms with Gasteiger partial charge in [-0.2, -0.15) is 0 Å². The molecule has 1 N–H and O–H groups in total. The van der Waals surface area contributed by atoms with Crippen LogP contribution in [0, 0.1) is 0 Å². The second kappa shape index (κ2) is 9.48. The highest BCUT2D eigenvalue weighted by Gasteiger charge is 2.45. The van der Waals surface area contributed by atoms with Crippen LogP contribution >= 0.6 is 0 Å². The maximum Gasteiger partial charge on any atom is 0.120 e. The van der Waals surface area contributed by atoms with E-state index >= 15 is 0 Å². The maximum atomic E-state index is 11.6. The van der Waals surface area contributed by atoms with Gasteiger partial charge in [0.25, 0.3) is 0 Å². The van der Waals surface area contributed by atoms with Gasteiger partial charge in [0, 0.05) is 25.0 Å². The van der Waals surface area contributed by atoms with Crippen LogP contribution in [0.5, 0.6) is 5.75 Å². The minimum Gasteiger partial charge on any atom is -0.489 e. The molecule has 0 aliphatic carbocycles. The lowest BCUT2D eigenvalue weighted by Crippen LogP contribution is -2.58. The van der Waals surface area contributed by atoms with Crippen LogP contribution in [-0.4, -0.2) is 27.7 Å². The van der Waals surface area contributed by atoms with Crippen molar-refractivity contribution in [3.05, 3.63) is 102 Å². The number of nitrogens with zero attached hydrogens (tertiary/aromatic N) is 1. The third-order valence-corrected chi connectivity index (χ3v) is 7.13. The molecule has 0 spiro atoms. The van der Waals surface area contributed by atoms with E-state index in [0.29, 0.717) is 25.1 Å². The Morgan fingerprint density at radius 1 is 0.781 bits per heavy atom. The van der Waals surface area contributed by atoms with Gasteiger partial charge in [0.15, 0.2) is 0 Å². The molecule has 2 atom stereocenters. The van der Waals surface area contributed by atoms with E-state index in [1.54, 1.807) is 0 Å². The molecule has 3 aromatic carbocycles. The molecule has 2 aliphatic heterocycles. The Bertz CT molecular complexity index is 990. The fourth-order valence-electron chi connectivity index (χ4n) is 5.68. The Morgan fingerprint density at radius 3 is 2.09 bits per heavy atom. The van der Waals surface area contributed by atoms with Crippen LogP contribution in [0.4, 0.5) is 0 Å². The highest BCUT2D eigenvalue weighted by molar-refractivity contribution is 5.30. The maximum absolute atomic E-state index is 11.6. The third kappa shape index (κ3) is 5.06. The molecule has 3 aromatic rings. The van der Waals surface area contributed by atoms with E-state index < -0.39 is 5.60 Å². The van der Waals surface area contributed by atoms with E-state index in [1.165, 1.54) is 24.8 Å². The predicted octanol–water partition coefficient (Wildman–Crippen LogP) is 5.76. The van der Waals surface area contributed by atoms with E-state index in [2.05, 4.69) is 59.5 Å². The summed E-state index contributed by atoms with van der Waals surface area (Å²) in [5.41, 5.74) is 3.06. The van der Waals surface area contributed by atoms with Gasteiger partial charge in [-0.15, -0.1) is 0 Å². The first-order chi connectivity index (χ1) is 15.7. The fraction of sp³-hybridized carbons (Fsp3) is 0.379. The van der Waals surface area contributed by atoms with Crippen LogP contribution in [0.2, 0.25) is 0 Å². The van der Waals surface area contributed by atoms with Gasteiger partial charge in [0.2, 0.25) is 0 Å². The van der Waals surface area contributed by atoms with Crippen molar-refractivity contribution in [3.8, 4) is 5.75 Å². The highest BCUT2D eigenvalue weighted by atomic mass is 16.5. The van der Waals surface area contributed by atoms with Crippen molar-refractivity contribution in [1.29, 1.82) is 0 Å². The van der Waals surface area contributed by atoms with E-state index in [9.17, 15) is 5.11 Å². The Morgan fingerprint density at radius 2 is 1.41 bits per heavy atom. The lowest BCUT2D eigenvalue weighted by molar-refractivity contribution is -0.0946. The number of rotatable bonds is 7. The molecule has 2 bridgehead atoms. The van der Waals surface area contributed by atoms with Gasteiger partial charge in [0.1, 0.15) is 12.4 Å². The molecule has 0 aromatic heterocycles. The summed E-state index contributed by atoms with van der Waals surface area (Å²) in [6.07, 6.45) is 6.05. The molecule has 0 amide bonds. The van der Waals surface area contributed by atoms with Gasteiger partial charge in [0.05, 0.1) is 5.60 Å². The molecule has 2 unspecified atom stereocenters. The molecule has 166 valence electrons. The highest BCUT2D eigenvalue weighted by Crippen LogP contribution is 2.41. The van der Waals surface area contributed by atoms with E-state index in [-0.39, 0.29) is 0 Å². The Balaban J connectivity index is 1.25. The van der Waals surface area contributed by atoms with Crippen LogP contribution in [0.1, 0.15) is 48.8 Å². The second-order valence-electron chi connectivity index (χ2n) is 9.63. The largest absolute Gasteiger partial charge is 0.489 e. The number of piperidine rings is 2. The molecular weight excluding hydrogens is 394 g/mol. The number of ether oxygens (including phenoxy) is 1. The zero-order valence-corrected chi connectivity index (χ0v) is 18.7. The van der Waals surface area contributed by atoms with Crippen molar-refractivity contribution in [2.24, 2.45) is 0 Å². The first-order valence-corrected chi connectivity index (χ1v) is 11.9. The van der Waals surface area contributed by atoms with Crippen molar-refractivity contribution in [3.63, 3.8) is 0 Å². The number of fused-ring (bicyclic) bond motifs is 2. The standard InChI is InChI=1S/C29H33NO2/c31-29(18-25-13-7-16-28(17-25)32-22-24-11-5-2-6-12-24)19-26-14-8-15-27(20-29)30(26)21-23-9-3-1-4-10-23/h1-7,9-13,16-17,26-27,31H,8,14-15,18-22H2. The molecular formula is C29H33NO2. The molecule has 0 radical (unpaired) electrons. The van der Waals surface area contributed by atoms with Crippen LogP contribution in [0.15, 0.2) is 84.9 Å². The molecule has 2 aliphatic rings. The summed E-state index contributed by atoms with van der Waals surface area (Å²) >= 11 is 0. The minimum absolute atomic E-state index is 0.463. The van der Waals surface area contributed by atoms with Crippen molar-refractivity contribution >= 4 is 0 Å². The van der Waals surface area contributed by atoms with Gasteiger partial charge in [-0.25, -0.2) is 0 Å². The Hall–Kier alpha value is -2.62. The normalized spacial score (nSPS) is 25.4. The number of hydrogen-bond acceptors (Lipinski definition) is 3. The van der Waals surface area contributed by atoms with Crippen molar-refractivity contribution in [2.75, 3.05) is 0 Å². The van der Waals surface area contributed by atoms with Gasteiger partial charge in [-0.05, 0) is 54.5 Å². The van der Waals surface area contributed by atoms with E-state index in [1.807, 2.05) is 30.3 Å². The minimum atomic E-state index is -0.638. The average Bonchev–Trinajstić information content (AvgIpc) is 2.80. The predicted molar refractivity (Wildman–Crippen MR) is 129 cm³/mol. The number of aliphatic hydroxyl groups is 1. The quantitative estimate of drug-likeness (QED) is 0.521. The van der Waals surface area contributed by atoms with Crippen LogP contribution in [-0.2, 0) is 19.6 Å². The molecule has 32 heavy (non-hydrogen) atoms. The molecule has 3 nitrogen and oxygen atoms in total. The summed E-state index contributed by atoms with van der Waals surface area (Å²) in [4.78, 5) is 2.66. The van der Waals surface area contributed by atoms with E-state index in [0.717, 1.165) is 36.3 Å². The summed E-state index contributed by atoms with van der Waals surface area (Å²) in [6.45, 7) is 1.56. The third-order valence-electron chi connectivity index (χ3n) is 7.13. The number of benzene rings is 3. The van der Waals surface area contributed by atoms with Crippen LogP contribution in [0.25, 0.3) is 0 Å². The van der Waals surface area contributed by atoms with Crippen LogP contribution < -0.4 is 4.74 Å².